The van der Waals surface area contributed by atoms with Gasteiger partial charge in [-0.25, -0.2) is 0 Å². The van der Waals surface area contributed by atoms with Gasteiger partial charge in [0.1, 0.15) is 0 Å². The molecule has 0 aliphatic rings. The minimum Gasteiger partial charge on any atom is -0.339 e. The number of carbonyl (C=O) groups excluding carboxylic acids is 2. The second-order valence-corrected chi connectivity index (χ2v) is 5.80. The summed E-state index contributed by atoms with van der Waals surface area (Å²) < 4.78 is 0. The molecule has 0 N–H and O–H groups in total. The molecule has 0 aromatic heterocycles. The van der Waals surface area contributed by atoms with Gasteiger partial charge in [-0.1, -0.05) is 12.1 Å². The molecule has 0 aliphatic carbocycles. The van der Waals surface area contributed by atoms with E-state index in [0.29, 0.717) is 16.7 Å². The first-order valence-corrected chi connectivity index (χ1v) is 7.37. The Hall–Kier alpha value is -2.58. The maximum Gasteiger partial charge on any atom is 0.285 e. The predicted molar refractivity (Wildman–Crippen MR) is 86.0 cm³/mol. The standard InChI is InChI=1S/C17H14N2O2S/c1-19(2)17(21)22-14-9-7-12(8-10-14)16(20)15-6-4-3-5-13(15)11-18/h3-10H,1-2H3. The maximum atomic E-state index is 12.4. The lowest BCUT2D eigenvalue weighted by Crippen LogP contribution is -2.16. The molecule has 0 fully saturated rings. The molecule has 2 rings (SSSR count). The molecule has 0 spiro atoms. The van der Waals surface area contributed by atoms with Crippen LogP contribution in [-0.2, 0) is 0 Å². The van der Waals surface area contributed by atoms with Gasteiger partial charge in [0.05, 0.1) is 11.6 Å². The number of amides is 1. The zero-order valence-electron chi connectivity index (χ0n) is 12.2. The van der Waals surface area contributed by atoms with Crippen molar-refractivity contribution in [1.29, 1.82) is 5.26 Å². The molecule has 110 valence electrons. The molecular weight excluding hydrogens is 296 g/mol. The van der Waals surface area contributed by atoms with Crippen molar-refractivity contribution < 1.29 is 9.59 Å². The Morgan fingerprint density at radius 2 is 1.68 bits per heavy atom. The molecule has 22 heavy (non-hydrogen) atoms. The Labute approximate surface area is 133 Å². The highest BCUT2D eigenvalue weighted by Gasteiger charge is 2.13. The third-order valence-electron chi connectivity index (χ3n) is 2.98. The Morgan fingerprint density at radius 3 is 2.27 bits per heavy atom. The fraction of sp³-hybridized carbons (Fsp3) is 0.118. The van der Waals surface area contributed by atoms with E-state index in [0.717, 1.165) is 16.7 Å². The number of rotatable bonds is 3. The highest BCUT2D eigenvalue weighted by atomic mass is 32.2. The van der Waals surface area contributed by atoms with Crippen LogP contribution in [0.4, 0.5) is 4.79 Å². The predicted octanol–water partition coefficient (Wildman–Crippen LogP) is 3.56. The van der Waals surface area contributed by atoms with Gasteiger partial charge in [-0.2, -0.15) is 5.26 Å². The smallest absolute Gasteiger partial charge is 0.285 e. The van der Waals surface area contributed by atoms with E-state index >= 15 is 0 Å². The van der Waals surface area contributed by atoms with Gasteiger partial charge in [0.15, 0.2) is 5.78 Å². The first-order chi connectivity index (χ1) is 10.5. The summed E-state index contributed by atoms with van der Waals surface area (Å²) in [7, 11) is 3.37. The summed E-state index contributed by atoms with van der Waals surface area (Å²) in [5.41, 5.74) is 1.23. The molecule has 0 radical (unpaired) electrons. The minimum absolute atomic E-state index is 0.0751. The third-order valence-corrected chi connectivity index (χ3v) is 4.03. The van der Waals surface area contributed by atoms with E-state index in [4.69, 9.17) is 5.26 Å². The molecule has 0 heterocycles. The van der Waals surface area contributed by atoms with Gasteiger partial charge in [0.25, 0.3) is 5.24 Å². The van der Waals surface area contributed by atoms with E-state index in [1.165, 1.54) is 4.90 Å². The lowest BCUT2D eigenvalue weighted by molar-refractivity contribution is 0.103. The van der Waals surface area contributed by atoms with E-state index in [9.17, 15) is 9.59 Å². The Morgan fingerprint density at radius 1 is 1.05 bits per heavy atom. The zero-order valence-corrected chi connectivity index (χ0v) is 13.1. The number of ketones is 1. The lowest BCUT2D eigenvalue weighted by atomic mass is 9.99. The van der Waals surface area contributed by atoms with Gasteiger partial charge >= 0.3 is 0 Å². The summed E-state index contributed by atoms with van der Waals surface area (Å²) in [6, 6.07) is 15.5. The molecule has 0 atom stereocenters. The van der Waals surface area contributed by atoms with Crippen LogP contribution in [0.1, 0.15) is 21.5 Å². The van der Waals surface area contributed by atoms with Crippen molar-refractivity contribution in [3.8, 4) is 6.07 Å². The van der Waals surface area contributed by atoms with Crippen LogP contribution in [0.15, 0.2) is 53.4 Å². The highest BCUT2D eigenvalue weighted by molar-refractivity contribution is 8.13. The maximum absolute atomic E-state index is 12.4. The SMILES string of the molecule is CN(C)C(=O)Sc1ccc(C(=O)c2ccccc2C#N)cc1. The number of thioether (sulfide) groups is 1. The molecule has 0 aliphatic heterocycles. The van der Waals surface area contributed by atoms with Gasteiger partial charge in [-0.15, -0.1) is 0 Å². The summed E-state index contributed by atoms with van der Waals surface area (Å²) in [6.07, 6.45) is 0. The fourth-order valence-electron chi connectivity index (χ4n) is 1.80. The van der Waals surface area contributed by atoms with Crippen LogP contribution in [0.5, 0.6) is 0 Å². The summed E-state index contributed by atoms with van der Waals surface area (Å²) >= 11 is 1.10. The van der Waals surface area contributed by atoms with Crippen molar-refractivity contribution in [2.75, 3.05) is 14.1 Å². The first kappa shape index (κ1) is 15.8. The molecule has 0 bridgehead atoms. The monoisotopic (exact) mass is 310 g/mol. The van der Waals surface area contributed by atoms with Gasteiger partial charge in [-0.05, 0) is 48.2 Å². The molecule has 5 heteroatoms. The van der Waals surface area contributed by atoms with Gasteiger partial charge in [0.2, 0.25) is 0 Å². The second kappa shape index (κ2) is 6.92. The Kier molecular flexibility index (Phi) is 4.97. The van der Waals surface area contributed by atoms with E-state index in [1.54, 1.807) is 62.6 Å². The lowest BCUT2D eigenvalue weighted by Gasteiger charge is -2.09. The minimum atomic E-state index is -0.201. The van der Waals surface area contributed by atoms with Crippen molar-refractivity contribution in [1.82, 2.24) is 4.90 Å². The van der Waals surface area contributed by atoms with Crippen molar-refractivity contribution in [2.45, 2.75) is 4.90 Å². The van der Waals surface area contributed by atoms with Crippen LogP contribution in [0.25, 0.3) is 0 Å². The van der Waals surface area contributed by atoms with Crippen LogP contribution in [0.2, 0.25) is 0 Å². The number of carbonyl (C=O) groups is 2. The summed E-state index contributed by atoms with van der Waals surface area (Å²) in [4.78, 5) is 26.3. The van der Waals surface area contributed by atoms with Crippen molar-refractivity contribution in [3.63, 3.8) is 0 Å². The van der Waals surface area contributed by atoms with Crippen molar-refractivity contribution in [2.24, 2.45) is 0 Å². The topological polar surface area (TPSA) is 61.2 Å². The molecule has 0 unspecified atom stereocenters. The van der Waals surface area contributed by atoms with E-state index in [1.807, 2.05) is 6.07 Å². The summed E-state index contributed by atoms with van der Waals surface area (Å²) in [6.45, 7) is 0. The fourth-order valence-corrected chi connectivity index (χ4v) is 2.46. The second-order valence-electron chi connectivity index (χ2n) is 4.77. The average Bonchev–Trinajstić information content (AvgIpc) is 2.54. The number of hydrogen-bond acceptors (Lipinski definition) is 4. The highest BCUT2D eigenvalue weighted by Crippen LogP contribution is 2.22. The largest absolute Gasteiger partial charge is 0.339 e. The number of benzene rings is 2. The molecular formula is C17H14N2O2S. The molecule has 2 aromatic carbocycles. The van der Waals surface area contributed by atoms with E-state index in [2.05, 4.69) is 0 Å². The van der Waals surface area contributed by atoms with Crippen LogP contribution < -0.4 is 0 Å². The van der Waals surface area contributed by atoms with E-state index in [-0.39, 0.29) is 11.0 Å². The average molecular weight is 310 g/mol. The first-order valence-electron chi connectivity index (χ1n) is 6.56. The number of hydrogen-bond donors (Lipinski definition) is 0. The number of nitriles is 1. The number of nitrogens with zero attached hydrogens (tertiary/aromatic N) is 2. The summed E-state index contributed by atoms with van der Waals surface area (Å²) in [5.74, 6) is -0.201. The zero-order chi connectivity index (χ0) is 16.1. The van der Waals surface area contributed by atoms with Gasteiger partial charge in [-0.3, -0.25) is 9.59 Å². The molecule has 1 amide bonds. The van der Waals surface area contributed by atoms with Crippen LogP contribution in [-0.4, -0.2) is 30.0 Å². The molecule has 2 aromatic rings. The summed E-state index contributed by atoms with van der Waals surface area (Å²) in [5, 5.41) is 8.99. The third kappa shape index (κ3) is 3.54. The Bertz CT molecular complexity index is 746. The van der Waals surface area contributed by atoms with Crippen molar-refractivity contribution in [3.05, 3.63) is 65.2 Å². The van der Waals surface area contributed by atoms with Crippen LogP contribution >= 0.6 is 11.8 Å². The van der Waals surface area contributed by atoms with E-state index < -0.39 is 0 Å². The van der Waals surface area contributed by atoms with Gasteiger partial charge in [0, 0.05) is 30.1 Å². The molecule has 0 saturated carbocycles. The van der Waals surface area contributed by atoms with Gasteiger partial charge < -0.3 is 4.90 Å². The quantitative estimate of drug-likeness (QED) is 0.642. The Balaban J connectivity index is 2.22. The normalized spacial score (nSPS) is 9.86. The van der Waals surface area contributed by atoms with Crippen LogP contribution in [0, 0.1) is 11.3 Å². The molecule has 0 saturated heterocycles. The van der Waals surface area contributed by atoms with Crippen molar-refractivity contribution >= 4 is 22.8 Å². The molecule has 4 nitrogen and oxygen atoms in total. The van der Waals surface area contributed by atoms with Crippen LogP contribution in [0.3, 0.4) is 0 Å².